The van der Waals surface area contributed by atoms with Crippen LogP contribution in [-0.4, -0.2) is 103 Å². The van der Waals surface area contributed by atoms with Gasteiger partial charge in [-0.3, -0.25) is 19.2 Å². The Morgan fingerprint density at radius 3 is 2.52 bits per heavy atom. The van der Waals surface area contributed by atoms with Crippen molar-refractivity contribution >= 4 is 36.3 Å². The van der Waals surface area contributed by atoms with Crippen LogP contribution in [0.3, 0.4) is 0 Å². The lowest BCUT2D eigenvalue weighted by Crippen LogP contribution is -2.61. The summed E-state index contributed by atoms with van der Waals surface area (Å²) in [6.07, 6.45) is 5.98. The molecule has 234 valence electrons. The summed E-state index contributed by atoms with van der Waals surface area (Å²) < 4.78 is 5.62. The highest BCUT2D eigenvalue weighted by molar-refractivity contribution is 7.81. The molecular formula is C30H47N5O6S. The van der Waals surface area contributed by atoms with Crippen LogP contribution in [-0.2, 0) is 19.2 Å². The summed E-state index contributed by atoms with van der Waals surface area (Å²) in [4.78, 5) is 55.6. The molecule has 3 rings (SSSR count). The number of hydrogen-bond acceptors (Lipinski definition) is 8. The molecule has 0 aliphatic carbocycles. The highest BCUT2D eigenvalue weighted by Gasteiger charge is 2.54. The Bertz CT molecular complexity index is 1060. The fourth-order valence-corrected chi connectivity index (χ4v) is 5.81. The summed E-state index contributed by atoms with van der Waals surface area (Å²) in [5, 5.41) is 17.9. The maximum atomic E-state index is 13.8. The summed E-state index contributed by atoms with van der Waals surface area (Å²) in [5.41, 5.74) is 0.728. The van der Waals surface area contributed by atoms with Gasteiger partial charge in [-0.2, -0.15) is 12.6 Å². The van der Waals surface area contributed by atoms with E-state index in [0.29, 0.717) is 25.3 Å². The summed E-state index contributed by atoms with van der Waals surface area (Å²) in [7, 11) is 4.01. The predicted molar refractivity (Wildman–Crippen MR) is 163 cm³/mol. The number of nitrogens with one attached hydrogen (secondary N) is 3. The summed E-state index contributed by atoms with van der Waals surface area (Å²) >= 11 is 3.94. The van der Waals surface area contributed by atoms with Crippen LogP contribution in [0.25, 0.3) is 0 Å². The van der Waals surface area contributed by atoms with Crippen LogP contribution in [0.15, 0.2) is 24.3 Å². The Hall–Kier alpha value is -2.83. The predicted octanol–water partition coefficient (Wildman–Crippen LogP) is 1.27. The highest BCUT2D eigenvalue weighted by atomic mass is 32.1. The molecule has 0 spiro atoms. The molecular weight excluding hydrogens is 558 g/mol. The molecule has 1 aromatic carbocycles. The molecule has 2 aliphatic rings. The van der Waals surface area contributed by atoms with E-state index in [9.17, 15) is 24.3 Å². The summed E-state index contributed by atoms with van der Waals surface area (Å²) in [6, 6.07) is 5.28. The quantitative estimate of drug-likeness (QED) is 0.125. The van der Waals surface area contributed by atoms with Gasteiger partial charge in [0.05, 0.1) is 24.3 Å². The Balaban J connectivity index is 1.69. The van der Waals surface area contributed by atoms with Crippen molar-refractivity contribution in [3.63, 3.8) is 0 Å². The fourth-order valence-electron chi connectivity index (χ4n) is 5.70. The first-order valence-electron chi connectivity index (χ1n) is 15.0. The number of piperazine rings is 1. The lowest BCUT2D eigenvalue weighted by molar-refractivity contribution is -0.149. The van der Waals surface area contributed by atoms with Gasteiger partial charge in [0.2, 0.25) is 23.6 Å². The molecule has 0 saturated carbocycles. The van der Waals surface area contributed by atoms with Crippen LogP contribution in [0, 0.1) is 5.92 Å². The number of aliphatic hydroxyl groups excluding tert-OH is 1. The first-order valence-corrected chi connectivity index (χ1v) is 15.7. The number of carbonyl (C=O) groups is 4. The maximum Gasteiger partial charge on any atom is 0.246 e. The number of carbonyl (C=O) groups excluding carboxylic acids is 4. The second-order valence-electron chi connectivity index (χ2n) is 11.3. The zero-order valence-electron chi connectivity index (χ0n) is 24.8. The molecule has 4 N–H and O–H groups in total. The van der Waals surface area contributed by atoms with E-state index in [2.05, 4.69) is 33.5 Å². The molecule has 1 aromatic rings. The number of thiol groups is 1. The SMILES string of the molecule is CN(C)CCCC[C@@H]1NC(=O)[C@H]2C[C@@H](C(=O)NCCCCCCNC(=O)CS)[C@@H](c3cccc(OCCO)c3)N2C1=O. The molecule has 2 heterocycles. The van der Waals surface area contributed by atoms with Gasteiger partial charge in [0.25, 0.3) is 0 Å². The van der Waals surface area contributed by atoms with Crippen molar-refractivity contribution in [1.29, 1.82) is 0 Å². The molecule has 2 saturated heterocycles. The van der Waals surface area contributed by atoms with Crippen molar-refractivity contribution in [2.75, 3.05) is 52.7 Å². The Labute approximate surface area is 254 Å². The van der Waals surface area contributed by atoms with Crippen LogP contribution >= 0.6 is 12.6 Å². The number of fused-ring (bicyclic) bond motifs is 1. The minimum atomic E-state index is -0.717. The number of rotatable bonds is 18. The monoisotopic (exact) mass is 605 g/mol. The van der Waals surface area contributed by atoms with Gasteiger partial charge in [-0.25, -0.2) is 0 Å². The number of unbranched alkanes of at least 4 members (excludes halogenated alkanes) is 4. The van der Waals surface area contributed by atoms with Gasteiger partial charge < -0.3 is 35.6 Å². The molecule has 12 heteroatoms. The van der Waals surface area contributed by atoms with Gasteiger partial charge in [-0.05, 0) is 76.9 Å². The van der Waals surface area contributed by atoms with Crippen molar-refractivity contribution in [1.82, 2.24) is 25.8 Å². The van der Waals surface area contributed by atoms with Crippen LogP contribution in [0.1, 0.15) is 63.0 Å². The maximum absolute atomic E-state index is 13.8. The van der Waals surface area contributed by atoms with Gasteiger partial charge in [-0.15, -0.1) is 0 Å². The van der Waals surface area contributed by atoms with E-state index >= 15 is 0 Å². The summed E-state index contributed by atoms with van der Waals surface area (Å²) in [5.74, 6) is -0.522. The normalized spacial score (nSPS) is 21.7. The first-order chi connectivity index (χ1) is 20.3. The number of amides is 4. The molecule has 4 atom stereocenters. The second kappa shape index (κ2) is 17.3. The van der Waals surface area contributed by atoms with Crippen molar-refractivity contribution in [2.45, 2.75) is 69.5 Å². The average molecular weight is 606 g/mol. The first kappa shape index (κ1) is 33.7. The van der Waals surface area contributed by atoms with Gasteiger partial charge in [0, 0.05) is 13.1 Å². The van der Waals surface area contributed by atoms with Gasteiger partial charge in [-0.1, -0.05) is 25.0 Å². The number of aliphatic hydroxyl groups is 1. The van der Waals surface area contributed by atoms with Gasteiger partial charge in [0.1, 0.15) is 24.4 Å². The van der Waals surface area contributed by atoms with Crippen molar-refractivity contribution in [3.05, 3.63) is 29.8 Å². The second-order valence-corrected chi connectivity index (χ2v) is 11.6. The number of hydrogen-bond donors (Lipinski definition) is 5. The number of ether oxygens (including phenoxy) is 1. The average Bonchev–Trinajstić information content (AvgIpc) is 3.39. The Kier molecular flexibility index (Phi) is 13.9. The molecule has 2 aliphatic heterocycles. The summed E-state index contributed by atoms with van der Waals surface area (Å²) in [6.45, 7) is 2.00. The van der Waals surface area contributed by atoms with Crippen molar-refractivity contribution in [3.8, 4) is 5.75 Å². The molecule has 0 unspecified atom stereocenters. The lowest BCUT2D eigenvalue weighted by atomic mass is 9.92. The lowest BCUT2D eigenvalue weighted by Gasteiger charge is -2.38. The van der Waals surface area contributed by atoms with Crippen molar-refractivity contribution < 1.29 is 29.0 Å². The zero-order valence-corrected chi connectivity index (χ0v) is 25.7. The highest BCUT2D eigenvalue weighted by Crippen LogP contribution is 2.44. The minimum Gasteiger partial charge on any atom is -0.491 e. The van der Waals surface area contributed by atoms with Crippen LogP contribution in [0.4, 0.5) is 0 Å². The molecule has 11 nitrogen and oxygen atoms in total. The van der Waals surface area contributed by atoms with E-state index in [4.69, 9.17) is 4.74 Å². The van der Waals surface area contributed by atoms with E-state index < -0.39 is 24.0 Å². The van der Waals surface area contributed by atoms with E-state index in [1.165, 1.54) is 0 Å². The fraction of sp³-hybridized carbons (Fsp3) is 0.667. The van der Waals surface area contributed by atoms with Crippen LogP contribution < -0.4 is 20.7 Å². The molecule has 42 heavy (non-hydrogen) atoms. The largest absolute Gasteiger partial charge is 0.491 e. The van der Waals surface area contributed by atoms with Gasteiger partial charge >= 0.3 is 0 Å². The Morgan fingerprint density at radius 1 is 1.10 bits per heavy atom. The number of nitrogens with zero attached hydrogens (tertiary/aromatic N) is 2. The van der Waals surface area contributed by atoms with Crippen LogP contribution in [0.5, 0.6) is 5.75 Å². The van der Waals surface area contributed by atoms with Crippen molar-refractivity contribution in [2.24, 2.45) is 5.92 Å². The van der Waals surface area contributed by atoms with Crippen LogP contribution in [0.2, 0.25) is 0 Å². The molecule has 4 amide bonds. The van der Waals surface area contributed by atoms with E-state index in [1.807, 2.05) is 20.2 Å². The topological polar surface area (TPSA) is 140 Å². The van der Waals surface area contributed by atoms with Gasteiger partial charge in [0.15, 0.2) is 0 Å². The molecule has 0 radical (unpaired) electrons. The zero-order chi connectivity index (χ0) is 30.5. The van der Waals surface area contributed by atoms with E-state index in [0.717, 1.165) is 50.6 Å². The van der Waals surface area contributed by atoms with E-state index in [1.54, 1.807) is 23.1 Å². The minimum absolute atomic E-state index is 0.0821. The number of benzene rings is 1. The third-order valence-corrected chi connectivity index (χ3v) is 8.07. The van der Waals surface area contributed by atoms with E-state index in [-0.39, 0.29) is 49.0 Å². The smallest absolute Gasteiger partial charge is 0.246 e. The third kappa shape index (κ3) is 9.60. The molecule has 2 fully saturated rings. The Morgan fingerprint density at radius 2 is 1.83 bits per heavy atom. The standard InChI is InChI=1S/C30H47N5O6S/c1-34(2)15-8-5-12-24-30(40)35-25(29(39)33-24)19-23(27(35)21-10-9-11-22(18-21)41-17-16-36)28(38)32-14-7-4-3-6-13-31-26(37)20-42/h9-11,18,23-25,27,36,42H,3-8,12-17,19-20H2,1-2H3,(H,31,37)(H,32,38)(H,33,39)/t23-,24+,25-,27-/m1/s1. The third-order valence-electron chi connectivity index (χ3n) is 7.78. The molecule has 0 aromatic heterocycles. The molecule has 0 bridgehead atoms.